The van der Waals surface area contributed by atoms with Crippen LogP contribution < -0.4 is 11.1 Å². The van der Waals surface area contributed by atoms with Crippen LogP contribution in [0.3, 0.4) is 0 Å². The molecule has 1 heterocycles. The van der Waals surface area contributed by atoms with E-state index in [9.17, 15) is 4.79 Å². The highest BCUT2D eigenvalue weighted by Crippen LogP contribution is 2.30. The molecular weight excluding hydrogens is 276 g/mol. The molecule has 5 heteroatoms. The molecule has 0 aliphatic heterocycles. The Morgan fingerprint density at radius 3 is 2.47 bits per heavy atom. The molecule has 2 rings (SSSR count). The minimum Gasteiger partial charge on any atom is -0.391 e. The number of hydrogen-bond donors (Lipinski definition) is 2. The molecule has 0 aromatic carbocycles. The summed E-state index contributed by atoms with van der Waals surface area (Å²) >= 11 is 6.72. The molecule has 104 valence electrons. The van der Waals surface area contributed by atoms with Crippen molar-refractivity contribution in [3.05, 3.63) is 21.4 Å². The Balaban J connectivity index is 2.17. The van der Waals surface area contributed by atoms with E-state index in [1.807, 2.05) is 19.9 Å². The first-order valence-corrected chi connectivity index (χ1v) is 7.86. The summed E-state index contributed by atoms with van der Waals surface area (Å²) in [6, 6.07) is 1.94. The van der Waals surface area contributed by atoms with Crippen LogP contribution >= 0.6 is 23.6 Å². The van der Waals surface area contributed by atoms with E-state index in [0.717, 1.165) is 36.1 Å². The topological polar surface area (TPSA) is 55.1 Å². The van der Waals surface area contributed by atoms with Gasteiger partial charge < -0.3 is 11.1 Å². The average molecular weight is 296 g/mol. The van der Waals surface area contributed by atoms with Crippen LogP contribution in [0, 0.1) is 13.8 Å². The van der Waals surface area contributed by atoms with Crippen LogP contribution in [-0.4, -0.2) is 16.4 Å². The standard InChI is InChI=1S/C14H20N2OS2/c1-9-8-11(19-10(9)2)12(17)16-14(13(15)18)6-4-3-5-7-14/h8H,3-7H2,1-2H3,(H2,15,18)(H,16,17). The van der Waals surface area contributed by atoms with Gasteiger partial charge in [0.05, 0.1) is 15.4 Å². The van der Waals surface area contributed by atoms with E-state index in [0.29, 0.717) is 4.99 Å². The van der Waals surface area contributed by atoms with Gasteiger partial charge in [0.2, 0.25) is 0 Å². The van der Waals surface area contributed by atoms with Crippen LogP contribution in [0.25, 0.3) is 0 Å². The van der Waals surface area contributed by atoms with Crippen LogP contribution in [0.4, 0.5) is 0 Å². The van der Waals surface area contributed by atoms with Crippen molar-refractivity contribution < 1.29 is 4.79 Å². The SMILES string of the molecule is Cc1cc(C(=O)NC2(C(N)=S)CCCCC2)sc1C. The van der Waals surface area contributed by atoms with Gasteiger partial charge >= 0.3 is 0 Å². The Kier molecular flexibility index (Phi) is 4.26. The normalized spacial score (nSPS) is 18.0. The van der Waals surface area contributed by atoms with Crippen LogP contribution in [0.2, 0.25) is 0 Å². The Bertz CT molecular complexity index is 482. The van der Waals surface area contributed by atoms with E-state index >= 15 is 0 Å². The van der Waals surface area contributed by atoms with Gasteiger partial charge in [-0.2, -0.15) is 0 Å². The molecule has 0 bridgehead atoms. The maximum absolute atomic E-state index is 12.4. The molecule has 0 saturated heterocycles. The molecular formula is C14H20N2OS2. The third-order valence-corrected chi connectivity index (χ3v) is 5.46. The number of hydrogen-bond acceptors (Lipinski definition) is 3. The summed E-state index contributed by atoms with van der Waals surface area (Å²) in [5.74, 6) is -0.0455. The summed E-state index contributed by atoms with van der Waals surface area (Å²) in [5.41, 5.74) is 6.56. The van der Waals surface area contributed by atoms with Crippen LogP contribution in [0.1, 0.15) is 52.2 Å². The average Bonchev–Trinajstić information content (AvgIpc) is 2.71. The molecule has 0 spiro atoms. The van der Waals surface area contributed by atoms with Gasteiger partial charge in [0.1, 0.15) is 0 Å². The lowest BCUT2D eigenvalue weighted by Gasteiger charge is -2.37. The van der Waals surface area contributed by atoms with Crippen molar-refractivity contribution in [2.45, 2.75) is 51.5 Å². The predicted molar refractivity (Wildman–Crippen MR) is 83.9 cm³/mol. The van der Waals surface area contributed by atoms with Gasteiger partial charge in [0, 0.05) is 4.88 Å². The molecule has 1 fully saturated rings. The minimum absolute atomic E-state index is 0.0455. The minimum atomic E-state index is -0.476. The van der Waals surface area contributed by atoms with Crippen molar-refractivity contribution in [1.29, 1.82) is 0 Å². The number of aryl methyl sites for hydroxylation is 2. The summed E-state index contributed by atoms with van der Waals surface area (Å²) in [6.45, 7) is 4.05. The van der Waals surface area contributed by atoms with Gasteiger partial charge in [-0.3, -0.25) is 4.79 Å². The maximum Gasteiger partial charge on any atom is 0.262 e. The molecule has 0 radical (unpaired) electrons. The first kappa shape index (κ1) is 14.5. The Labute approximate surface area is 123 Å². The quantitative estimate of drug-likeness (QED) is 0.843. The van der Waals surface area contributed by atoms with E-state index in [4.69, 9.17) is 18.0 Å². The van der Waals surface area contributed by atoms with Crippen molar-refractivity contribution in [2.24, 2.45) is 5.73 Å². The Morgan fingerprint density at radius 1 is 1.37 bits per heavy atom. The van der Waals surface area contributed by atoms with Gasteiger partial charge in [-0.25, -0.2) is 0 Å². The van der Waals surface area contributed by atoms with Crippen LogP contribution in [-0.2, 0) is 0 Å². The molecule has 1 aromatic rings. The highest BCUT2D eigenvalue weighted by molar-refractivity contribution is 7.80. The van der Waals surface area contributed by atoms with Gasteiger partial charge in [0.15, 0.2) is 0 Å². The fourth-order valence-corrected chi connectivity index (χ4v) is 3.74. The number of rotatable bonds is 3. The first-order valence-electron chi connectivity index (χ1n) is 6.64. The van der Waals surface area contributed by atoms with Crippen molar-refractivity contribution in [1.82, 2.24) is 5.32 Å². The molecule has 1 saturated carbocycles. The Hall–Kier alpha value is -0.940. The molecule has 3 N–H and O–H groups in total. The summed E-state index contributed by atoms with van der Waals surface area (Å²) in [7, 11) is 0. The van der Waals surface area contributed by atoms with E-state index in [1.54, 1.807) is 0 Å². The fraction of sp³-hybridized carbons (Fsp3) is 0.571. The third kappa shape index (κ3) is 2.98. The van der Waals surface area contributed by atoms with E-state index in [1.165, 1.54) is 22.6 Å². The predicted octanol–water partition coefficient (Wildman–Crippen LogP) is 3.08. The number of nitrogens with two attached hydrogens (primary N) is 1. The fourth-order valence-electron chi connectivity index (χ4n) is 2.55. The molecule has 1 aliphatic carbocycles. The van der Waals surface area contributed by atoms with Gasteiger partial charge in [-0.05, 0) is 38.3 Å². The summed E-state index contributed by atoms with van der Waals surface area (Å²) in [5, 5.41) is 3.09. The number of carbonyl (C=O) groups excluding carboxylic acids is 1. The lowest BCUT2D eigenvalue weighted by atomic mass is 9.81. The maximum atomic E-state index is 12.4. The smallest absolute Gasteiger partial charge is 0.262 e. The molecule has 0 atom stereocenters. The highest BCUT2D eigenvalue weighted by Gasteiger charge is 2.36. The second-order valence-electron chi connectivity index (χ2n) is 5.31. The summed E-state index contributed by atoms with van der Waals surface area (Å²) in [4.78, 5) is 14.7. The Morgan fingerprint density at radius 2 is 2.00 bits per heavy atom. The number of carbonyl (C=O) groups is 1. The van der Waals surface area contributed by atoms with Crippen molar-refractivity contribution >= 4 is 34.5 Å². The highest BCUT2D eigenvalue weighted by atomic mass is 32.1. The third-order valence-electron chi connectivity index (χ3n) is 3.92. The molecule has 0 unspecified atom stereocenters. The van der Waals surface area contributed by atoms with Crippen molar-refractivity contribution in [3.8, 4) is 0 Å². The zero-order chi connectivity index (χ0) is 14.0. The zero-order valence-electron chi connectivity index (χ0n) is 11.4. The van der Waals surface area contributed by atoms with E-state index < -0.39 is 5.54 Å². The van der Waals surface area contributed by atoms with E-state index in [2.05, 4.69) is 5.32 Å². The monoisotopic (exact) mass is 296 g/mol. The lowest BCUT2D eigenvalue weighted by molar-refractivity contribution is 0.0912. The second kappa shape index (κ2) is 5.59. The van der Waals surface area contributed by atoms with Gasteiger partial charge in [0.25, 0.3) is 5.91 Å². The second-order valence-corrected chi connectivity index (χ2v) is 7.01. The van der Waals surface area contributed by atoms with Crippen LogP contribution in [0.15, 0.2) is 6.07 Å². The lowest BCUT2D eigenvalue weighted by Crippen LogP contribution is -2.57. The molecule has 1 aliphatic rings. The largest absolute Gasteiger partial charge is 0.391 e. The van der Waals surface area contributed by atoms with Gasteiger partial charge in [-0.15, -0.1) is 11.3 Å². The molecule has 3 nitrogen and oxygen atoms in total. The number of nitrogens with one attached hydrogen (secondary N) is 1. The van der Waals surface area contributed by atoms with Crippen LogP contribution in [0.5, 0.6) is 0 Å². The zero-order valence-corrected chi connectivity index (χ0v) is 13.0. The number of amides is 1. The molecule has 1 aromatic heterocycles. The molecule has 19 heavy (non-hydrogen) atoms. The number of thiophene rings is 1. The van der Waals surface area contributed by atoms with Crippen molar-refractivity contribution in [2.75, 3.05) is 0 Å². The number of thiocarbonyl (C=S) groups is 1. The summed E-state index contributed by atoms with van der Waals surface area (Å²) in [6.07, 6.45) is 5.05. The first-order chi connectivity index (χ1) is 8.94. The van der Waals surface area contributed by atoms with E-state index in [-0.39, 0.29) is 5.91 Å². The molecule has 1 amide bonds. The summed E-state index contributed by atoms with van der Waals surface area (Å²) < 4.78 is 0. The van der Waals surface area contributed by atoms with Gasteiger partial charge in [-0.1, -0.05) is 31.5 Å². The van der Waals surface area contributed by atoms with Crippen molar-refractivity contribution in [3.63, 3.8) is 0 Å².